The first-order chi connectivity index (χ1) is 8.02. The summed E-state index contributed by atoms with van der Waals surface area (Å²) in [5, 5.41) is 0. The molecule has 0 bridgehead atoms. The molecule has 17 heavy (non-hydrogen) atoms. The Kier molecular flexibility index (Phi) is 5.01. The Labute approximate surface area is 103 Å². The van der Waals surface area contributed by atoms with E-state index < -0.39 is 0 Å². The van der Waals surface area contributed by atoms with E-state index in [4.69, 9.17) is 4.74 Å². The molecular formula is C14H21NO2. The Hall–Kier alpha value is -1.51. The molecule has 0 aliphatic heterocycles. The van der Waals surface area contributed by atoms with Crippen LogP contribution in [0.15, 0.2) is 24.3 Å². The number of rotatable bonds is 5. The van der Waals surface area contributed by atoms with Crippen molar-refractivity contribution in [3.63, 3.8) is 0 Å². The van der Waals surface area contributed by atoms with Crippen LogP contribution in [0.4, 0.5) is 0 Å². The molecule has 0 aliphatic carbocycles. The Morgan fingerprint density at radius 2 is 2.00 bits per heavy atom. The lowest BCUT2D eigenvalue weighted by Gasteiger charge is -2.19. The molecule has 1 amide bonds. The molecule has 0 spiro atoms. The highest BCUT2D eigenvalue weighted by atomic mass is 16.5. The Morgan fingerprint density at radius 1 is 1.35 bits per heavy atom. The van der Waals surface area contributed by atoms with E-state index in [1.807, 2.05) is 52.1 Å². The first-order valence-electron chi connectivity index (χ1n) is 5.95. The fraction of sp³-hybridized carbons (Fsp3) is 0.500. The van der Waals surface area contributed by atoms with Gasteiger partial charge < -0.3 is 9.64 Å². The molecule has 0 N–H and O–H groups in total. The maximum atomic E-state index is 11.6. The molecule has 94 valence electrons. The summed E-state index contributed by atoms with van der Waals surface area (Å²) in [7, 11) is 1.81. The highest BCUT2D eigenvalue weighted by Crippen LogP contribution is 2.15. The maximum absolute atomic E-state index is 11.6. The summed E-state index contributed by atoms with van der Waals surface area (Å²) in [6, 6.07) is 7.89. The summed E-state index contributed by atoms with van der Waals surface area (Å²) in [6.45, 7) is 6.96. The fourth-order valence-electron chi connectivity index (χ4n) is 1.56. The van der Waals surface area contributed by atoms with Gasteiger partial charge in [-0.05, 0) is 18.6 Å². The lowest BCUT2D eigenvalue weighted by molar-refractivity contribution is -0.133. The van der Waals surface area contributed by atoms with E-state index in [0.29, 0.717) is 13.2 Å². The maximum Gasteiger partial charge on any atom is 0.224 e. The second-order valence-electron chi connectivity index (χ2n) is 4.53. The summed E-state index contributed by atoms with van der Waals surface area (Å²) in [5.74, 6) is 1.08. The van der Waals surface area contributed by atoms with E-state index in [1.54, 1.807) is 4.90 Å². The molecule has 1 rings (SSSR count). The summed E-state index contributed by atoms with van der Waals surface area (Å²) in [4.78, 5) is 13.3. The largest absolute Gasteiger partial charge is 0.491 e. The molecule has 0 radical (unpaired) electrons. The van der Waals surface area contributed by atoms with Gasteiger partial charge in [0.05, 0.1) is 6.54 Å². The average molecular weight is 235 g/mol. The van der Waals surface area contributed by atoms with Gasteiger partial charge in [-0.15, -0.1) is 0 Å². The lowest BCUT2D eigenvalue weighted by atomic mass is 10.2. The van der Waals surface area contributed by atoms with E-state index in [2.05, 4.69) is 0 Å². The van der Waals surface area contributed by atoms with Crippen LogP contribution < -0.4 is 4.74 Å². The van der Waals surface area contributed by atoms with Crippen LogP contribution in [0.3, 0.4) is 0 Å². The number of hydrogen-bond donors (Lipinski definition) is 0. The quantitative estimate of drug-likeness (QED) is 0.784. The molecule has 0 aliphatic rings. The number of carbonyl (C=O) groups excluding carboxylic acids is 1. The standard InChI is InChI=1S/C14H21NO2/c1-11(2)14(16)15(4)9-10-17-13-8-6-5-7-12(13)3/h5-8,11H,9-10H2,1-4H3. The smallest absolute Gasteiger partial charge is 0.224 e. The van der Waals surface area contributed by atoms with Crippen molar-refractivity contribution in [1.29, 1.82) is 0 Å². The third-order valence-electron chi connectivity index (χ3n) is 2.65. The van der Waals surface area contributed by atoms with Gasteiger partial charge in [0, 0.05) is 13.0 Å². The van der Waals surface area contributed by atoms with Crippen molar-refractivity contribution in [3.8, 4) is 5.75 Å². The van der Waals surface area contributed by atoms with Crippen LogP contribution in [-0.2, 0) is 4.79 Å². The van der Waals surface area contributed by atoms with Gasteiger partial charge in [0.15, 0.2) is 0 Å². The van der Waals surface area contributed by atoms with E-state index in [-0.39, 0.29) is 11.8 Å². The Bertz CT molecular complexity index is 374. The van der Waals surface area contributed by atoms with Crippen molar-refractivity contribution >= 4 is 5.91 Å². The van der Waals surface area contributed by atoms with Gasteiger partial charge in [-0.1, -0.05) is 32.0 Å². The zero-order valence-electron chi connectivity index (χ0n) is 11.1. The molecule has 3 heteroatoms. The zero-order chi connectivity index (χ0) is 12.8. The summed E-state index contributed by atoms with van der Waals surface area (Å²) in [5.41, 5.74) is 1.12. The molecular weight excluding hydrogens is 214 g/mol. The van der Waals surface area contributed by atoms with Crippen molar-refractivity contribution in [1.82, 2.24) is 4.90 Å². The van der Waals surface area contributed by atoms with Crippen LogP contribution in [0.5, 0.6) is 5.75 Å². The van der Waals surface area contributed by atoms with Gasteiger partial charge in [0.1, 0.15) is 12.4 Å². The third kappa shape index (κ3) is 4.10. The molecule has 0 saturated heterocycles. The molecule has 0 aromatic heterocycles. The van der Waals surface area contributed by atoms with Crippen LogP contribution in [0, 0.1) is 12.8 Å². The monoisotopic (exact) mass is 235 g/mol. The van der Waals surface area contributed by atoms with E-state index in [1.165, 1.54) is 0 Å². The Morgan fingerprint density at radius 3 is 2.59 bits per heavy atom. The summed E-state index contributed by atoms with van der Waals surface area (Å²) in [6.07, 6.45) is 0. The minimum absolute atomic E-state index is 0.0402. The average Bonchev–Trinajstić information content (AvgIpc) is 2.30. The molecule has 0 saturated carbocycles. The van der Waals surface area contributed by atoms with Crippen LogP contribution in [0.25, 0.3) is 0 Å². The number of hydrogen-bond acceptors (Lipinski definition) is 2. The molecule has 3 nitrogen and oxygen atoms in total. The Balaban J connectivity index is 2.38. The number of amides is 1. The molecule has 0 unspecified atom stereocenters. The van der Waals surface area contributed by atoms with Crippen LogP contribution in [0.2, 0.25) is 0 Å². The molecule has 1 aromatic carbocycles. The lowest BCUT2D eigenvalue weighted by Crippen LogP contribution is -2.33. The molecule has 0 heterocycles. The number of likely N-dealkylation sites (N-methyl/N-ethyl adjacent to an activating group) is 1. The van der Waals surface area contributed by atoms with Crippen LogP contribution in [-0.4, -0.2) is 31.0 Å². The summed E-state index contributed by atoms with van der Waals surface area (Å²) < 4.78 is 5.64. The first-order valence-corrected chi connectivity index (χ1v) is 5.95. The van der Waals surface area contributed by atoms with Crippen molar-refractivity contribution < 1.29 is 9.53 Å². The second-order valence-corrected chi connectivity index (χ2v) is 4.53. The zero-order valence-corrected chi connectivity index (χ0v) is 11.1. The van der Waals surface area contributed by atoms with Crippen LogP contribution in [0.1, 0.15) is 19.4 Å². The van der Waals surface area contributed by atoms with E-state index in [9.17, 15) is 4.79 Å². The SMILES string of the molecule is Cc1ccccc1OCCN(C)C(=O)C(C)C. The normalized spacial score (nSPS) is 10.4. The summed E-state index contributed by atoms with van der Waals surface area (Å²) >= 11 is 0. The first kappa shape index (κ1) is 13.6. The van der Waals surface area contributed by atoms with Crippen molar-refractivity contribution in [2.75, 3.05) is 20.2 Å². The van der Waals surface area contributed by atoms with Crippen molar-refractivity contribution in [2.45, 2.75) is 20.8 Å². The minimum atomic E-state index is 0.0402. The molecule has 0 fully saturated rings. The highest BCUT2D eigenvalue weighted by Gasteiger charge is 2.12. The molecule has 1 aromatic rings. The third-order valence-corrected chi connectivity index (χ3v) is 2.65. The number of nitrogens with zero attached hydrogens (tertiary/aromatic N) is 1. The fourth-order valence-corrected chi connectivity index (χ4v) is 1.56. The number of benzene rings is 1. The van der Waals surface area contributed by atoms with Crippen molar-refractivity contribution in [2.24, 2.45) is 5.92 Å². The number of ether oxygens (including phenoxy) is 1. The number of para-hydroxylation sites is 1. The van der Waals surface area contributed by atoms with Gasteiger partial charge in [0.2, 0.25) is 5.91 Å². The van der Waals surface area contributed by atoms with E-state index >= 15 is 0 Å². The number of aryl methyl sites for hydroxylation is 1. The van der Waals surface area contributed by atoms with Gasteiger partial charge in [-0.2, -0.15) is 0 Å². The number of carbonyl (C=O) groups is 1. The van der Waals surface area contributed by atoms with Gasteiger partial charge in [-0.25, -0.2) is 0 Å². The van der Waals surface area contributed by atoms with Gasteiger partial charge in [0.25, 0.3) is 0 Å². The van der Waals surface area contributed by atoms with Gasteiger partial charge >= 0.3 is 0 Å². The predicted octanol–water partition coefficient (Wildman–Crippen LogP) is 2.49. The predicted molar refractivity (Wildman–Crippen MR) is 69.1 cm³/mol. The molecule has 0 atom stereocenters. The highest BCUT2D eigenvalue weighted by molar-refractivity contribution is 5.77. The van der Waals surface area contributed by atoms with Gasteiger partial charge in [-0.3, -0.25) is 4.79 Å². The van der Waals surface area contributed by atoms with Crippen LogP contribution >= 0.6 is 0 Å². The van der Waals surface area contributed by atoms with E-state index in [0.717, 1.165) is 11.3 Å². The van der Waals surface area contributed by atoms with Crippen molar-refractivity contribution in [3.05, 3.63) is 29.8 Å². The minimum Gasteiger partial charge on any atom is -0.491 e. The topological polar surface area (TPSA) is 29.5 Å². The second kappa shape index (κ2) is 6.28.